The number of hydrogen-bond donors (Lipinski definition) is 1. The molecule has 1 N–H and O–H groups in total. The number of rotatable bonds is 3. The van der Waals surface area contributed by atoms with Gasteiger partial charge < -0.3 is 4.74 Å². The van der Waals surface area contributed by atoms with Crippen LogP contribution < -0.4 is 9.46 Å². The lowest BCUT2D eigenvalue weighted by molar-refractivity contribution is 0.254. The Balaban J connectivity index is 1.77. The average Bonchev–Trinajstić information content (AvgIpc) is 2.47. The van der Waals surface area contributed by atoms with E-state index in [1.807, 2.05) is 24.3 Å². The van der Waals surface area contributed by atoms with Crippen LogP contribution in [0, 0.1) is 5.82 Å². The topological polar surface area (TPSA) is 55.4 Å². The zero-order chi connectivity index (χ0) is 14.9. The first-order valence-electron chi connectivity index (χ1n) is 6.53. The number of halogens is 1. The summed E-state index contributed by atoms with van der Waals surface area (Å²) in [4.78, 5) is 0.0442. The molecule has 2 aromatic rings. The van der Waals surface area contributed by atoms with E-state index in [2.05, 4.69) is 4.72 Å². The van der Waals surface area contributed by atoms with Gasteiger partial charge in [0.2, 0.25) is 10.0 Å². The lowest BCUT2D eigenvalue weighted by Gasteiger charge is -2.25. The van der Waals surface area contributed by atoms with Gasteiger partial charge in [0.05, 0.1) is 10.9 Å². The highest BCUT2D eigenvalue weighted by Gasteiger charge is 2.25. The van der Waals surface area contributed by atoms with Crippen molar-refractivity contribution in [1.82, 2.24) is 4.72 Å². The number of fused-ring (bicyclic) bond motifs is 1. The second-order valence-corrected chi connectivity index (χ2v) is 6.61. The zero-order valence-electron chi connectivity index (χ0n) is 11.1. The van der Waals surface area contributed by atoms with E-state index in [0.717, 1.165) is 23.4 Å². The molecule has 0 radical (unpaired) electrons. The first-order valence-corrected chi connectivity index (χ1v) is 8.01. The van der Waals surface area contributed by atoms with Crippen molar-refractivity contribution in [2.24, 2.45) is 0 Å². The van der Waals surface area contributed by atoms with Gasteiger partial charge in [-0.3, -0.25) is 0 Å². The summed E-state index contributed by atoms with van der Waals surface area (Å²) in [6.45, 7) is 0.275. The Kier molecular flexibility index (Phi) is 3.65. The molecule has 0 fully saturated rings. The molecule has 1 aliphatic rings. The van der Waals surface area contributed by atoms with Crippen molar-refractivity contribution >= 4 is 10.0 Å². The Labute approximate surface area is 122 Å². The van der Waals surface area contributed by atoms with E-state index in [4.69, 9.17) is 4.74 Å². The van der Waals surface area contributed by atoms with Crippen molar-refractivity contribution < 1.29 is 17.5 Å². The Morgan fingerprint density at radius 1 is 1.10 bits per heavy atom. The minimum absolute atomic E-state index is 0.0442. The third kappa shape index (κ3) is 3.06. The predicted molar refractivity (Wildman–Crippen MR) is 76.2 cm³/mol. The van der Waals surface area contributed by atoms with E-state index in [0.29, 0.717) is 6.42 Å². The lowest BCUT2D eigenvalue weighted by Crippen LogP contribution is -2.42. The molecule has 0 bridgehead atoms. The van der Waals surface area contributed by atoms with Crippen LogP contribution in [0.25, 0.3) is 0 Å². The molecule has 0 spiro atoms. The van der Waals surface area contributed by atoms with E-state index in [9.17, 15) is 12.8 Å². The van der Waals surface area contributed by atoms with E-state index in [1.165, 1.54) is 12.1 Å². The summed E-state index contributed by atoms with van der Waals surface area (Å²) in [5.41, 5.74) is 0.968. The molecule has 4 nitrogen and oxygen atoms in total. The van der Waals surface area contributed by atoms with Crippen molar-refractivity contribution in [3.05, 3.63) is 59.9 Å². The van der Waals surface area contributed by atoms with Crippen LogP contribution in [0.4, 0.5) is 4.39 Å². The molecule has 3 rings (SSSR count). The second-order valence-electron chi connectivity index (χ2n) is 4.89. The molecule has 0 aromatic heterocycles. The minimum atomic E-state index is -3.68. The quantitative estimate of drug-likeness (QED) is 0.945. The Hall–Kier alpha value is -1.92. The van der Waals surface area contributed by atoms with Gasteiger partial charge in [-0.25, -0.2) is 17.5 Å². The van der Waals surface area contributed by atoms with Gasteiger partial charge >= 0.3 is 0 Å². The molecule has 110 valence electrons. The number of sulfonamides is 1. The molecule has 2 aromatic carbocycles. The Morgan fingerprint density at radius 3 is 2.57 bits per heavy atom. The zero-order valence-corrected chi connectivity index (χ0v) is 11.9. The maximum Gasteiger partial charge on any atom is 0.240 e. The largest absolute Gasteiger partial charge is 0.492 e. The fourth-order valence-corrected chi connectivity index (χ4v) is 3.53. The normalized spacial score (nSPS) is 17.9. The van der Waals surface area contributed by atoms with Crippen LogP contribution >= 0.6 is 0 Å². The molecule has 0 saturated heterocycles. The predicted octanol–water partition coefficient (Wildman–Crippen LogP) is 2.11. The monoisotopic (exact) mass is 307 g/mol. The molecule has 0 amide bonds. The standard InChI is InChI=1S/C15H14FNO3S/c16-12-5-7-14(8-6-12)21(18,19)17-13-9-11-3-1-2-4-15(11)20-10-13/h1-8,13,17H,9-10H2/t13-/m0/s1. The number of benzene rings is 2. The average molecular weight is 307 g/mol. The number of nitrogens with one attached hydrogen (secondary N) is 1. The van der Waals surface area contributed by atoms with E-state index < -0.39 is 15.8 Å². The highest BCUT2D eigenvalue weighted by molar-refractivity contribution is 7.89. The molecule has 1 atom stereocenters. The van der Waals surface area contributed by atoms with E-state index >= 15 is 0 Å². The summed E-state index contributed by atoms with van der Waals surface area (Å²) >= 11 is 0. The van der Waals surface area contributed by atoms with Crippen LogP contribution in [0.1, 0.15) is 5.56 Å². The summed E-state index contributed by atoms with van der Waals surface area (Å²) in [7, 11) is -3.68. The van der Waals surface area contributed by atoms with Crippen LogP contribution in [0.2, 0.25) is 0 Å². The molecular formula is C15H14FNO3S. The molecule has 6 heteroatoms. The van der Waals surface area contributed by atoms with Gasteiger partial charge in [0.1, 0.15) is 18.2 Å². The first kappa shape index (κ1) is 14.0. The highest BCUT2D eigenvalue weighted by atomic mass is 32.2. The first-order chi connectivity index (χ1) is 10.0. The Morgan fingerprint density at radius 2 is 1.81 bits per heavy atom. The maximum atomic E-state index is 12.9. The van der Waals surface area contributed by atoms with Gasteiger partial charge in [-0.1, -0.05) is 18.2 Å². The van der Waals surface area contributed by atoms with Crippen molar-refractivity contribution in [2.45, 2.75) is 17.4 Å². The molecular weight excluding hydrogens is 293 g/mol. The third-order valence-corrected chi connectivity index (χ3v) is 4.86. The Bertz CT molecular complexity index is 744. The highest BCUT2D eigenvalue weighted by Crippen LogP contribution is 2.24. The van der Waals surface area contributed by atoms with E-state index in [-0.39, 0.29) is 17.5 Å². The van der Waals surface area contributed by atoms with Crippen molar-refractivity contribution in [2.75, 3.05) is 6.61 Å². The van der Waals surface area contributed by atoms with Crippen molar-refractivity contribution in [3.8, 4) is 5.75 Å². The number of hydrogen-bond acceptors (Lipinski definition) is 3. The van der Waals surface area contributed by atoms with Crippen LogP contribution in [-0.2, 0) is 16.4 Å². The van der Waals surface area contributed by atoms with Crippen LogP contribution in [0.5, 0.6) is 5.75 Å². The fraction of sp³-hybridized carbons (Fsp3) is 0.200. The van der Waals surface area contributed by atoms with Crippen molar-refractivity contribution in [1.29, 1.82) is 0 Å². The molecule has 21 heavy (non-hydrogen) atoms. The SMILES string of the molecule is O=S(=O)(N[C@@H]1COc2ccccc2C1)c1ccc(F)cc1. The summed E-state index contributed by atoms with van der Waals surface area (Å²) in [6, 6.07) is 11.9. The smallest absolute Gasteiger partial charge is 0.240 e. The summed E-state index contributed by atoms with van der Waals surface area (Å²) in [5, 5.41) is 0. The molecule has 1 heterocycles. The lowest BCUT2D eigenvalue weighted by atomic mass is 10.0. The van der Waals surface area contributed by atoms with Gasteiger partial charge in [-0.05, 0) is 42.3 Å². The maximum absolute atomic E-state index is 12.9. The number of para-hydroxylation sites is 1. The minimum Gasteiger partial charge on any atom is -0.492 e. The molecule has 0 aliphatic carbocycles. The molecule has 1 aliphatic heterocycles. The van der Waals surface area contributed by atoms with Crippen LogP contribution in [-0.4, -0.2) is 21.1 Å². The summed E-state index contributed by atoms with van der Waals surface area (Å²) in [5.74, 6) is 0.318. The third-order valence-electron chi connectivity index (χ3n) is 3.32. The summed E-state index contributed by atoms with van der Waals surface area (Å²) < 4.78 is 45.5. The summed E-state index contributed by atoms with van der Waals surface area (Å²) in [6.07, 6.45) is 0.566. The van der Waals surface area contributed by atoms with Gasteiger partial charge in [-0.2, -0.15) is 0 Å². The van der Waals surface area contributed by atoms with Gasteiger partial charge in [-0.15, -0.1) is 0 Å². The van der Waals surface area contributed by atoms with Gasteiger partial charge in [0.25, 0.3) is 0 Å². The van der Waals surface area contributed by atoms with Crippen LogP contribution in [0.15, 0.2) is 53.4 Å². The molecule has 0 saturated carbocycles. The van der Waals surface area contributed by atoms with Crippen LogP contribution in [0.3, 0.4) is 0 Å². The van der Waals surface area contributed by atoms with E-state index in [1.54, 1.807) is 0 Å². The van der Waals surface area contributed by atoms with Crippen molar-refractivity contribution in [3.63, 3.8) is 0 Å². The fourth-order valence-electron chi connectivity index (χ4n) is 2.30. The number of ether oxygens (including phenoxy) is 1. The molecule has 0 unspecified atom stereocenters. The van der Waals surface area contributed by atoms with Gasteiger partial charge in [0.15, 0.2) is 0 Å². The second kappa shape index (κ2) is 5.46. The van der Waals surface area contributed by atoms with Gasteiger partial charge in [0, 0.05) is 0 Å².